The van der Waals surface area contributed by atoms with Gasteiger partial charge in [-0.25, -0.2) is 19.2 Å². The molecule has 1 aromatic carbocycles. The van der Waals surface area contributed by atoms with Crippen LogP contribution in [0.2, 0.25) is 0 Å². The third kappa shape index (κ3) is 3.62. The number of hydrogen-bond donors (Lipinski definition) is 0. The summed E-state index contributed by atoms with van der Waals surface area (Å²) in [7, 11) is 0. The van der Waals surface area contributed by atoms with Crippen molar-refractivity contribution >= 4 is 17.7 Å². The van der Waals surface area contributed by atoms with Crippen LogP contribution in [0.25, 0.3) is 11.3 Å². The summed E-state index contributed by atoms with van der Waals surface area (Å²) in [5.41, 5.74) is 2.02. The number of benzene rings is 1. The number of rotatable bonds is 5. The molecule has 0 saturated heterocycles. The second-order valence-electron chi connectivity index (χ2n) is 4.48. The number of halogens is 1. The third-order valence-electron chi connectivity index (χ3n) is 2.94. The maximum absolute atomic E-state index is 13.1. The number of thioether (sulfide) groups is 1. The molecule has 4 nitrogen and oxygen atoms in total. The van der Waals surface area contributed by atoms with Crippen molar-refractivity contribution in [3.8, 4) is 11.3 Å². The van der Waals surface area contributed by atoms with Crippen molar-refractivity contribution in [2.45, 2.75) is 25.9 Å². The first kappa shape index (κ1) is 16.4. The van der Waals surface area contributed by atoms with Crippen molar-refractivity contribution < 1.29 is 13.9 Å². The Hall–Kier alpha value is -1.95. The van der Waals surface area contributed by atoms with E-state index in [4.69, 9.17) is 4.74 Å². The molecule has 0 aliphatic rings. The van der Waals surface area contributed by atoms with Crippen LogP contribution in [0.3, 0.4) is 0 Å². The van der Waals surface area contributed by atoms with Crippen LogP contribution in [0.1, 0.15) is 29.9 Å². The lowest BCUT2D eigenvalue weighted by molar-refractivity contribution is 0.0525. The van der Waals surface area contributed by atoms with Crippen molar-refractivity contribution in [3.05, 3.63) is 41.3 Å². The zero-order chi connectivity index (χ0) is 16.1. The van der Waals surface area contributed by atoms with E-state index in [1.807, 2.05) is 6.92 Å². The molecule has 0 aliphatic carbocycles. The zero-order valence-electron chi connectivity index (χ0n) is 12.7. The van der Waals surface area contributed by atoms with E-state index in [-0.39, 0.29) is 12.4 Å². The second-order valence-corrected chi connectivity index (χ2v) is 5.71. The van der Waals surface area contributed by atoms with Crippen LogP contribution in [-0.4, -0.2) is 28.3 Å². The van der Waals surface area contributed by atoms with Crippen LogP contribution < -0.4 is 0 Å². The molecule has 0 amide bonds. The van der Waals surface area contributed by atoms with Gasteiger partial charge < -0.3 is 4.74 Å². The highest BCUT2D eigenvalue weighted by Gasteiger charge is 2.21. The minimum Gasteiger partial charge on any atom is -0.462 e. The molecule has 0 saturated carbocycles. The molecule has 116 valence electrons. The maximum atomic E-state index is 13.1. The molecule has 0 spiro atoms. The van der Waals surface area contributed by atoms with Gasteiger partial charge in [0.2, 0.25) is 0 Å². The summed E-state index contributed by atoms with van der Waals surface area (Å²) in [4.78, 5) is 21.0. The summed E-state index contributed by atoms with van der Waals surface area (Å²) in [6.07, 6.45) is 0. The summed E-state index contributed by atoms with van der Waals surface area (Å²) < 4.78 is 18.2. The topological polar surface area (TPSA) is 52.1 Å². The first-order chi connectivity index (χ1) is 10.6. The largest absolute Gasteiger partial charge is 0.462 e. The summed E-state index contributed by atoms with van der Waals surface area (Å²) >= 11 is 1.49. The van der Waals surface area contributed by atoms with E-state index in [2.05, 4.69) is 9.97 Å². The lowest BCUT2D eigenvalue weighted by Crippen LogP contribution is -2.12. The van der Waals surface area contributed by atoms with Crippen molar-refractivity contribution in [2.24, 2.45) is 0 Å². The first-order valence-electron chi connectivity index (χ1n) is 7.01. The van der Waals surface area contributed by atoms with Gasteiger partial charge in [0.05, 0.1) is 18.0 Å². The fraction of sp³-hybridized carbons (Fsp3) is 0.312. The van der Waals surface area contributed by atoms with Crippen LogP contribution in [0.5, 0.6) is 0 Å². The molecule has 1 aromatic heterocycles. The normalized spacial score (nSPS) is 10.5. The molecule has 0 N–H and O–H groups in total. The third-order valence-corrected chi connectivity index (χ3v) is 3.67. The van der Waals surface area contributed by atoms with Gasteiger partial charge >= 0.3 is 5.97 Å². The number of esters is 1. The smallest absolute Gasteiger partial charge is 0.342 e. The molecule has 0 bridgehead atoms. The van der Waals surface area contributed by atoms with Crippen LogP contribution in [0.15, 0.2) is 29.4 Å². The summed E-state index contributed by atoms with van der Waals surface area (Å²) in [6.45, 7) is 5.76. The number of carbonyl (C=O) groups excluding carboxylic acids is 1. The van der Waals surface area contributed by atoms with E-state index >= 15 is 0 Å². The van der Waals surface area contributed by atoms with Gasteiger partial charge in [-0.2, -0.15) is 0 Å². The number of nitrogens with zero attached hydrogens (tertiary/aromatic N) is 2. The first-order valence-corrected chi connectivity index (χ1v) is 7.99. The molecule has 0 fully saturated rings. The van der Waals surface area contributed by atoms with Crippen LogP contribution in [-0.2, 0) is 4.74 Å². The number of aromatic nitrogens is 2. The van der Waals surface area contributed by atoms with E-state index in [9.17, 15) is 9.18 Å². The Kier molecular flexibility index (Phi) is 5.49. The Bertz CT molecular complexity index is 675. The van der Waals surface area contributed by atoms with E-state index in [1.54, 1.807) is 26.0 Å². The number of ether oxygens (including phenoxy) is 1. The highest BCUT2D eigenvalue weighted by Crippen LogP contribution is 2.27. The van der Waals surface area contributed by atoms with Crippen molar-refractivity contribution in [3.63, 3.8) is 0 Å². The lowest BCUT2D eigenvalue weighted by Gasteiger charge is -2.12. The molecule has 0 radical (unpaired) electrons. The second kappa shape index (κ2) is 7.35. The van der Waals surface area contributed by atoms with E-state index in [0.717, 1.165) is 5.75 Å². The average Bonchev–Trinajstić information content (AvgIpc) is 2.48. The van der Waals surface area contributed by atoms with Gasteiger partial charge in [-0.3, -0.25) is 0 Å². The monoisotopic (exact) mass is 320 g/mol. The minimum absolute atomic E-state index is 0.270. The number of hydrogen-bond acceptors (Lipinski definition) is 5. The van der Waals surface area contributed by atoms with Gasteiger partial charge in [-0.15, -0.1) is 0 Å². The van der Waals surface area contributed by atoms with E-state index < -0.39 is 5.97 Å². The number of carbonyl (C=O) groups is 1. The van der Waals surface area contributed by atoms with E-state index in [1.165, 1.54) is 23.9 Å². The number of aryl methyl sites for hydroxylation is 1. The average molecular weight is 320 g/mol. The minimum atomic E-state index is -0.465. The summed E-state index contributed by atoms with van der Waals surface area (Å²) in [6, 6.07) is 5.88. The molecule has 22 heavy (non-hydrogen) atoms. The van der Waals surface area contributed by atoms with Gasteiger partial charge in [0.1, 0.15) is 11.4 Å². The quantitative estimate of drug-likeness (QED) is 0.475. The van der Waals surface area contributed by atoms with Gasteiger partial charge in [-0.1, -0.05) is 18.7 Å². The molecule has 0 atom stereocenters. The Morgan fingerprint density at radius 2 is 1.91 bits per heavy atom. The SMILES string of the molecule is CCOC(=O)c1c(C)nc(SCC)nc1-c1ccc(F)cc1. The van der Waals surface area contributed by atoms with Crippen molar-refractivity contribution in [1.29, 1.82) is 0 Å². The Balaban J connectivity index is 2.60. The Morgan fingerprint density at radius 3 is 2.50 bits per heavy atom. The predicted molar refractivity (Wildman–Crippen MR) is 84.5 cm³/mol. The molecule has 0 unspecified atom stereocenters. The van der Waals surface area contributed by atoms with Crippen molar-refractivity contribution in [1.82, 2.24) is 9.97 Å². The maximum Gasteiger partial charge on any atom is 0.342 e. The van der Waals surface area contributed by atoms with Gasteiger partial charge in [0.25, 0.3) is 0 Å². The predicted octanol–water partition coefficient (Wildman–Crippen LogP) is 3.88. The molecular formula is C16H17FN2O2S. The molecule has 2 aromatic rings. The molecule has 2 rings (SSSR count). The summed E-state index contributed by atoms with van der Waals surface area (Å²) in [5.74, 6) is 0.0175. The summed E-state index contributed by atoms with van der Waals surface area (Å²) in [5, 5.41) is 0.590. The van der Waals surface area contributed by atoms with Crippen LogP contribution >= 0.6 is 11.8 Å². The van der Waals surface area contributed by atoms with Crippen LogP contribution in [0, 0.1) is 12.7 Å². The highest BCUT2D eigenvalue weighted by atomic mass is 32.2. The van der Waals surface area contributed by atoms with Gasteiger partial charge in [-0.05, 0) is 43.9 Å². The van der Waals surface area contributed by atoms with Crippen molar-refractivity contribution in [2.75, 3.05) is 12.4 Å². The molecule has 1 heterocycles. The molecule has 6 heteroatoms. The molecular weight excluding hydrogens is 303 g/mol. The fourth-order valence-corrected chi connectivity index (χ4v) is 2.62. The lowest BCUT2D eigenvalue weighted by atomic mass is 10.0. The Labute approximate surface area is 133 Å². The van der Waals surface area contributed by atoms with Gasteiger partial charge in [0, 0.05) is 5.56 Å². The standard InChI is InChI=1S/C16H17FN2O2S/c1-4-21-15(20)13-10(3)18-16(22-5-2)19-14(13)11-6-8-12(17)9-7-11/h6-9H,4-5H2,1-3H3. The zero-order valence-corrected chi connectivity index (χ0v) is 13.5. The Morgan fingerprint density at radius 1 is 1.23 bits per heavy atom. The van der Waals surface area contributed by atoms with Gasteiger partial charge in [0.15, 0.2) is 5.16 Å². The van der Waals surface area contributed by atoms with Crippen LogP contribution in [0.4, 0.5) is 4.39 Å². The molecule has 0 aliphatic heterocycles. The van der Waals surface area contributed by atoms with E-state index in [0.29, 0.717) is 27.7 Å². The highest BCUT2D eigenvalue weighted by molar-refractivity contribution is 7.99. The fourth-order valence-electron chi connectivity index (χ4n) is 2.01.